The van der Waals surface area contributed by atoms with Crippen LogP contribution in [0.25, 0.3) is 109 Å². The van der Waals surface area contributed by atoms with Crippen molar-refractivity contribution in [3.05, 3.63) is 340 Å². The molecule has 19 aromatic rings. The predicted octanol–water partition coefficient (Wildman–Crippen LogP) is 12.5. The van der Waals surface area contributed by atoms with Crippen molar-refractivity contribution in [3.63, 3.8) is 0 Å². The molecule has 24 rings (SSSR count). The van der Waals surface area contributed by atoms with E-state index in [9.17, 15) is 49.2 Å². The lowest BCUT2D eigenvalue weighted by molar-refractivity contribution is -0.0395. The maximum Gasteiger partial charge on any atom is 0.374 e. The van der Waals surface area contributed by atoms with Gasteiger partial charge in [-0.05, 0) is 143 Å². The molecule has 694 valence electrons. The predicted molar refractivity (Wildman–Crippen MR) is 523 cm³/mol. The molecule has 5 aliphatic heterocycles. The topological polar surface area (TPSA) is 377 Å². The molecule has 0 saturated carbocycles. The number of hydrogen-bond acceptors (Lipinski definition) is 25. The number of fused-ring (bicyclic) bond motifs is 15. The van der Waals surface area contributed by atoms with Crippen molar-refractivity contribution in [2.24, 2.45) is 0 Å². The van der Waals surface area contributed by atoms with E-state index < -0.39 is 36.4 Å². The summed E-state index contributed by atoms with van der Waals surface area (Å²) in [4.78, 5) is 118. The molecule has 31 nitrogen and oxygen atoms in total. The zero-order valence-corrected chi connectivity index (χ0v) is 75.7. The highest BCUT2D eigenvalue weighted by molar-refractivity contribution is 7.15. The maximum absolute atomic E-state index is 13.7. The summed E-state index contributed by atoms with van der Waals surface area (Å²) in [6.45, 7) is 8.04. The average molecular weight is 1860 g/mol. The number of aromatic nitrogens is 14. The molecule has 0 radical (unpaired) electrons. The molecule has 8 atom stereocenters. The van der Waals surface area contributed by atoms with Crippen LogP contribution in [0.5, 0.6) is 0 Å². The lowest BCUT2D eigenvalue weighted by Crippen LogP contribution is -2.39. The van der Waals surface area contributed by atoms with Crippen molar-refractivity contribution < 1.29 is 53.6 Å². The van der Waals surface area contributed by atoms with Crippen molar-refractivity contribution in [1.82, 2.24) is 66.9 Å². The number of esters is 1. The summed E-state index contributed by atoms with van der Waals surface area (Å²) in [7, 11) is 0. The quantitative estimate of drug-likeness (QED) is 0.0470. The Kier molecular flexibility index (Phi) is 25.3. The van der Waals surface area contributed by atoms with Crippen molar-refractivity contribution in [1.29, 1.82) is 0 Å². The van der Waals surface area contributed by atoms with Gasteiger partial charge in [-0.15, -0.1) is 11.3 Å². The molecule has 0 amide bonds. The number of carbonyl (C=O) groups excluding carboxylic acids is 1. The van der Waals surface area contributed by atoms with Crippen LogP contribution in [0.2, 0.25) is 0 Å². The minimum absolute atomic E-state index is 0.124. The molecule has 5 fully saturated rings. The first kappa shape index (κ1) is 89.3. The monoisotopic (exact) mass is 1860 g/mol. The summed E-state index contributed by atoms with van der Waals surface area (Å²) < 4.78 is 42.1. The molecule has 10 aromatic heterocycles. The number of aromatic amines is 1. The highest BCUT2D eigenvalue weighted by atomic mass is 32.1. The Labute approximate surface area is 784 Å². The number of thiazole rings is 1. The average Bonchev–Trinajstić information content (AvgIpc) is 1.72. The van der Waals surface area contributed by atoms with E-state index in [-0.39, 0.29) is 84.8 Å². The number of aliphatic hydroxyl groups is 4. The van der Waals surface area contributed by atoms with Crippen molar-refractivity contribution >= 4 is 131 Å². The Morgan fingerprint density at radius 1 is 0.416 bits per heavy atom. The molecule has 0 unspecified atom stereocenters. The number of H-pyrrole nitrogens is 1. The van der Waals surface area contributed by atoms with Crippen LogP contribution >= 0.6 is 11.3 Å². The van der Waals surface area contributed by atoms with Gasteiger partial charge >= 0.3 is 5.97 Å². The number of benzene rings is 9. The summed E-state index contributed by atoms with van der Waals surface area (Å²) in [6.07, 6.45) is 15.2. The van der Waals surface area contributed by atoms with E-state index in [4.69, 9.17) is 28.4 Å². The second-order valence-electron chi connectivity index (χ2n) is 35.1. The van der Waals surface area contributed by atoms with Gasteiger partial charge in [0.25, 0.3) is 22.2 Å². The fourth-order valence-electron chi connectivity index (χ4n) is 20.1. The number of nitrogens with zero attached hydrogens (tertiary/aromatic N) is 14. The van der Waals surface area contributed by atoms with Crippen LogP contribution in [-0.2, 0) is 54.1 Å². The van der Waals surface area contributed by atoms with Gasteiger partial charge in [-0.2, -0.15) is 0 Å². The SMILES string of the molecule is CCOC(=O)c1nc(Cc2cc3c(=O)n([C@H]4CCOC[C@@H]4O)cnc3c3ccccc23)c2ccccn12.O=c1c2cc(Cc3cccc4nccn34)c3ccccc3c2ncn1[C@H]1CCOC[C@@H]1O.O=c1c2cc(Cc3cnc(N4CCOCC4)s3)c3ccccc3c2ncn1[C@H]1CCOC[C@@H]1O.O=c1cc(Cc2cc3c(=O)n([C@H]4CCOC[C@@H]4O)cnc3c3ccccc23)c2ccccc2[nH]1. The Hall–Kier alpha value is -14.3. The lowest BCUT2D eigenvalue weighted by atomic mass is 9.94. The number of nitrogens with one attached hydrogen (secondary N) is 1. The molecule has 15 heterocycles. The zero-order chi connectivity index (χ0) is 93.5. The number of aliphatic hydroxyl groups excluding tert-OH is 4. The Morgan fingerprint density at radius 2 is 0.832 bits per heavy atom. The van der Waals surface area contributed by atoms with E-state index in [1.807, 2.05) is 176 Å². The third-order valence-corrected chi connectivity index (χ3v) is 27.9. The molecule has 0 bridgehead atoms. The molecule has 5 saturated heterocycles. The number of para-hydroxylation sites is 1. The van der Waals surface area contributed by atoms with Gasteiger partial charge in [-0.1, -0.05) is 127 Å². The van der Waals surface area contributed by atoms with Crippen LogP contribution in [0.15, 0.2) is 262 Å². The number of anilines is 1. The molecule has 5 aliphatic rings. The molecule has 0 spiro atoms. The van der Waals surface area contributed by atoms with Crippen LogP contribution < -0.4 is 32.7 Å². The zero-order valence-electron chi connectivity index (χ0n) is 74.8. The molecule has 9 aromatic carbocycles. The van der Waals surface area contributed by atoms with Gasteiger partial charge in [0.05, 0.1) is 175 Å². The maximum atomic E-state index is 13.7. The highest BCUT2D eigenvalue weighted by Gasteiger charge is 2.33. The second-order valence-corrected chi connectivity index (χ2v) is 36.2. The minimum atomic E-state index is -0.774. The third kappa shape index (κ3) is 17.5. The van der Waals surface area contributed by atoms with Gasteiger partial charge in [0.1, 0.15) is 5.65 Å². The number of carbonyl (C=O) groups is 1. The summed E-state index contributed by atoms with van der Waals surface area (Å²) >= 11 is 1.69. The van der Waals surface area contributed by atoms with Gasteiger partial charge in [0.2, 0.25) is 11.4 Å². The largest absolute Gasteiger partial charge is 0.460 e. The summed E-state index contributed by atoms with van der Waals surface area (Å²) in [5.74, 6) is -0.268. The molecule has 0 aliphatic carbocycles. The van der Waals surface area contributed by atoms with Gasteiger partial charge in [0.15, 0.2) is 5.13 Å². The van der Waals surface area contributed by atoms with E-state index in [1.165, 1.54) is 15.5 Å². The summed E-state index contributed by atoms with van der Waals surface area (Å²) in [6, 6.07) is 59.2. The third-order valence-electron chi connectivity index (χ3n) is 26.8. The van der Waals surface area contributed by atoms with Crippen LogP contribution in [0.1, 0.15) is 111 Å². The van der Waals surface area contributed by atoms with E-state index >= 15 is 0 Å². The van der Waals surface area contributed by atoms with Gasteiger partial charge in [-0.3, -0.25) is 46.6 Å². The van der Waals surface area contributed by atoms with Crippen LogP contribution in [0.4, 0.5) is 5.13 Å². The van der Waals surface area contributed by atoms with Crippen LogP contribution in [0.3, 0.4) is 0 Å². The van der Waals surface area contributed by atoms with E-state index in [0.717, 1.165) is 135 Å². The fraction of sp³-hybridized carbons (Fsp3) is 0.286. The van der Waals surface area contributed by atoms with Gasteiger partial charge < -0.3 is 63.1 Å². The molecule has 5 N–H and O–H groups in total. The van der Waals surface area contributed by atoms with Crippen molar-refractivity contribution in [2.75, 3.05) is 90.7 Å². The number of hydrogen-bond donors (Lipinski definition) is 5. The first-order valence-corrected chi connectivity index (χ1v) is 47.0. The van der Waals surface area contributed by atoms with Gasteiger partial charge in [-0.25, -0.2) is 39.7 Å². The Balaban J connectivity index is 0.000000109. The number of morpholine rings is 1. The molecular formula is C105H97N15O16S. The van der Waals surface area contributed by atoms with E-state index in [1.54, 1.807) is 69.2 Å². The van der Waals surface area contributed by atoms with Crippen LogP contribution in [0, 0.1) is 0 Å². The first-order chi connectivity index (χ1) is 67.1. The smallest absolute Gasteiger partial charge is 0.374 e. The fourth-order valence-corrected chi connectivity index (χ4v) is 21.0. The van der Waals surface area contributed by atoms with E-state index in [0.29, 0.717) is 127 Å². The van der Waals surface area contributed by atoms with Crippen molar-refractivity contribution in [2.45, 2.75) is 107 Å². The first-order valence-electron chi connectivity index (χ1n) is 46.2. The minimum Gasteiger partial charge on any atom is -0.460 e. The second kappa shape index (κ2) is 38.8. The highest BCUT2D eigenvalue weighted by Crippen LogP contribution is 2.38. The molecular weight excluding hydrogens is 1760 g/mol. The van der Waals surface area contributed by atoms with Gasteiger partial charge in [0, 0.05) is 133 Å². The standard InChI is InChI=1S/C28H26N4O5.C27H23N3O4.C25H26N4O4S.C25H22N4O3/c1-2-37-28(35)26-30-21(22-9-5-6-11-31(22)26)14-17-13-20-25(19-8-4-3-7-18(17)19)29-16-32(27(20)34)23-10-12-36-15-24(23)33;31-24-14-34-10-9-23(24)30-15-28-26-20-7-2-1-5-18(20)16(12-21(26)27(30)33)11-17-13-25(32)29-22-8-4-3-6-19(17)22;30-22-14-33-8-5-21(22)29-15-27-23-19-4-2-1-3-18(19)16(12-20(23)24(29)31)11-17-13-26-25(34-17)28-6-9-32-10-7-28;30-22-14-32-11-8-21(22)29-15-27-24-19-6-2-1-5-18(19)16(13-20(24)25(29)31)12-17-4-3-7-23-26-9-10-28(17)23/h3-9,11,13,16,23-24,33H,2,10,12,14-15H2,1H3;1-8,12-13,15,23-24,31H,9-11,14H2,(H,29,32);1-4,12-13,15,21-22,30H,5-11,14H2;1-7,9-10,13,15,21-22,30H,8,11-12,14H2/t2*23-,24-;2*21-,22-/m0000/s1. The van der Waals surface area contributed by atoms with E-state index in [2.05, 4.69) is 67.4 Å². The number of imidazole rings is 2. The van der Waals surface area contributed by atoms with Crippen molar-refractivity contribution in [3.8, 4) is 0 Å². The molecule has 32 heteroatoms. The number of pyridine rings is 3. The lowest BCUT2D eigenvalue weighted by Gasteiger charge is -2.29. The number of rotatable bonds is 15. The van der Waals surface area contributed by atoms with Crippen LogP contribution in [-0.4, -0.2) is 204 Å². The Bertz CT molecular complexity index is 8190. The Morgan fingerprint density at radius 3 is 1.29 bits per heavy atom. The summed E-state index contributed by atoms with van der Waals surface area (Å²) in [5, 5.41) is 53.6. The summed E-state index contributed by atoms with van der Waals surface area (Å²) in [5.41, 5.74) is 11.0. The normalized spacial score (nSPS) is 19.3. The number of ether oxygens (including phenoxy) is 6. The molecule has 137 heavy (non-hydrogen) atoms.